The molecule has 1 aliphatic carbocycles. The van der Waals surface area contributed by atoms with Gasteiger partial charge in [-0.05, 0) is 62.1 Å². The van der Waals surface area contributed by atoms with Gasteiger partial charge in [-0.2, -0.15) is 4.39 Å². The Morgan fingerprint density at radius 3 is 2.19 bits per heavy atom. The monoisotopic (exact) mass is 514 g/mol. The smallest absolute Gasteiger partial charge is 0.200 e. The van der Waals surface area contributed by atoms with Gasteiger partial charge in [-0.25, -0.2) is 13.2 Å². The average molecular weight is 515 g/mol. The van der Waals surface area contributed by atoms with Gasteiger partial charge in [0.25, 0.3) is 0 Å². The number of benzene rings is 3. The number of hydrogen-bond acceptors (Lipinski definition) is 2. The Kier molecular flexibility index (Phi) is 9.25. The Morgan fingerprint density at radius 1 is 0.757 bits per heavy atom. The largest absolute Gasteiger partial charge is 0.490 e. The van der Waals surface area contributed by atoms with Crippen LogP contribution in [0.15, 0.2) is 48.5 Å². The van der Waals surface area contributed by atoms with Crippen molar-refractivity contribution >= 4 is 0 Å². The second-order valence-electron chi connectivity index (χ2n) is 9.89. The highest BCUT2D eigenvalue weighted by atomic mass is 19.2. The highest BCUT2D eigenvalue weighted by Crippen LogP contribution is 2.38. The molecule has 1 aliphatic rings. The van der Waals surface area contributed by atoms with E-state index in [0.717, 1.165) is 24.8 Å². The molecule has 1 fully saturated rings. The normalized spacial score (nSPS) is 17.7. The van der Waals surface area contributed by atoms with Gasteiger partial charge in [0, 0.05) is 11.1 Å². The molecule has 0 atom stereocenters. The summed E-state index contributed by atoms with van der Waals surface area (Å²) in [7, 11) is 0. The third kappa shape index (κ3) is 6.53. The van der Waals surface area contributed by atoms with Gasteiger partial charge in [0.15, 0.2) is 23.2 Å². The lowest BCUT2D eigenvalue weighted by Crippen LogP contribution is -2.21. The molecule has 0 N–H and O–H groups in total. The molecule has 37 heavy (non-hydrogen) atoms. The molecule has 1 saturated carbocycles. The van der Waals surface area contributed by atoms with Crippen molar-refractivity contribution in [3.63, 3.8) is 0 Å². The first-order valence-electron chi connectivity index (χ1n) is 13.1. The molecule has 6 heteroatoms. The maximum absolute atomic E-state index is 14.8. The highest BCUT2D eigenvalue weighted by molar-refractivity contribution is 5.65. The van der Waals surface area contributed by atoms with Gasteiger partial charge < -0.3 is 9.47 Å². The van der Waals surface area contributed by atoms with E-state index in [1.165, 1.54) is 6.07 Å². The summed E-state index contributed by atoms with van der Waals surface area (Å²) in [4.78, 5) is 0. The minimum Gasteiger partial charge on any atom is -0.490 e. The molecule has 0 spiro atoms. The van der Waals surface area contributed by atoms with E-state index in [4.69, 9.17) is 9.47 Å². The van der Waals surface area contributed by atoms with Gasteiger partial charge in [-0.15, -0.1) is 0 Å². The number of unbranched alkanes of at least 4 members (excludes halogenated alkanes) is 2. The van der Waals surface area contributed by atoms with Crippen LogP contribution in [0.5, 0.6) is 5.75 Å². The first-order valence-corrected chi connectivity index (χ1v) is 13.1. The first-order chi connectivity index (χ1) is 17.9. The van der Waals surface area contributed by atoms with E-state index in [2.05, 4.69) is 6.92 Å². The third-order valence-electron chi connectivity index (χ3n) is 7.20. The third-order valence-corrected chi connectivity index (χ3v) is 7.20. The van der Waals surface area contributed by atoms with E-state index in [-0.39, 0.29) is 35.5 Å². The fourth-order valence-electron chi connectivity index (χ4n) is 4.91. The van der Waals surface area contributed by atoms with Gasteiger partial charge in [-0.3, -0.25) is 0 Å². The van der Waals surface area contributed by atoms with Crippen LogP contribution in [0.4, 0.5) is 17.6 Å². The van der Waals surface area contributed by atoms with E-state index < -0.39 is 23.3 Å². The number of ether oxygens (including phenoxy) is 2. The molecule has 0 bridgehead atoms. The first kappa shape index (κ1) is 27.2. The number of rotatable bonds is 10. The topological polar surface area (TPSA) is 18.5 Å². The average Bonchev–Trinajstić information content (AvgIpc) is 2.91. The van der Waals surface area contributed by atoms with Crippen LogP contribution in [0, 0.1) is 30.2 Å². The Bertz CT molecular complexity index is 1180. The zero-order valence-electron chi connectivity index (χ0n) is 21.5. The zero-order valence-corrected chi connectivity index (χ0v) is 21.5. The maximum Gasteiger partial charge on any atom is 0.200 e. The lowest BCUT2D eigenvalue weighted by Gasteiger charge is -2.29. The van der Waals surface area contributed by atoms with Crippen molar-refractivity contribution in [2.45, 2.75) is 77.4 Å². The van der Waals surface area contributed by atoms with Crippen LogP contribution in [0.2, 0.25) is 0 Å². The van der Waals surface area contributed by atoms with Crippen LogP contribution < -0.4 is 4.74 Å². The van der Waals surface area contributed by atoms with E-state index >= 15 is 0 Å². The summed E-state index contributed by atoms with van der Waals surface area (Å²) in [5.74, 6) is -3.73. The summed E-state index contributed by atoms with van der Waals surface area (Å²) >= 11 is 0. The standard InChI is InChI=1S/C31H34F4O2/c1-3-4-5-18-36-27-17-16-26(30(34)31(27)35)22-10-13-24(14-11-22)37-19-23-12-15-25(29(33)28(23)32)21-8-6-20(2)7-9-21/h6-9,12,15-17,22,24H,3-5,10-11,13-14,18-19H2,1-2H3. The van der Waals surface area contributed by atoms with E-state index in [0.29, 0.717) is 43.4 Å². The molecule has 2 nitrogen and oxygen atoms in total. The summed E-state index contributed by atoms with van der Waals surface area (Å²) < 4.78 is 70.1. The second kappa shape index (κ2) is 12.6. The van der Waals surface area contributed by atoms with Gasteiger partial charge in [0.2, 0.25) is 5.82 Å². The SMILES string of the molecule is CCCCCOc1ccc(C2CCC(OCc3ccc(-c4ccc(C)cc4)c(F)c3F)CC2)c(F)c1F. The molecule has 0 unspecified atom stereocenters. The van der Waals surface area contributed by atoms with Crippen LogP contribution >= 0.6 is 0 Å². The van der Waals surface area contributed by atoms with Crippen molar-refractivity contribution in [3.8, 4) is 16.9 Å². The van der Waals surface area contributed by atoms with E-state index in [1.807, 2.05) is 19.1 Å². The molecule has 0 saturated heterocycles. The molecule has 0 heterocycles. The minimum atomic E-state index is -0.932. The van der Waals surface area contributed by atoms with Crippen molar-refractivity contribution in [2.24, 2.45) is 0 Å². The number of halogens is 4. The maximum atomic E-state index is 14.8. The van der Waals surface area contributed by atoms with E-state index in [1.54, 1.807) is 30.3 Å². The zero-order chi connectivity index (χ0) is 26.4. The van der Waals surface area contributed by atoms with Gasteiger partial charge in [0.1, 0.15) is 0 Å². The molecule has 198 valence electrons. The Morgan fingerprint density at radius 2 is 1.49 bits per heavy atom. The van der Waals surface area contributed by atoms with Crippen molar-refractivity contribution in [2.75, 3.05) is 6.61 Å². The van der Waals surface area contributed by atoms with Gasteiger partial charge in [0.05, 0.1) is 19.3 Å². The summed E-state index contributed by atoms with van der Waals surface area (Å²) in [6.45, 7) is 4.33. The van der Waals surface area contributed by atoms with Crippen molar-refractivity contribution in [1.82, 2.24) is 0 Å². The molecular weight excluding hydrogens is 480 g/mol. The van der Waals surface area contributed by atoms with Crippen molar-refractivity contribution in [3.05, 3.63) is 88.5 Å². The van der Waals surface area contributed by atoms with Crippen molar-refractivity contribution < 1.29 is 27.0 Å². The number of aryl methyl sites for hydroxylation is 1. The van der Waals surface area contributed by atoms with E-state index in [9.17, 15) is 17.6 Å². The molecule has 0 amide bonds. The fourth-order valence-corrected chi connectivity index (χ4v) is 4.91. The lowest BCUT2D eigenvalue weighted by atomic mass is 9.82. The summed E-state index contributed by atoms with van der Waals surface area (Å²) in [6, 6.07) is 13.5. The quantitative estimate of drug-likeness (QED) is 0.198. The molecule has 3 aromatic rings. The number of hydrogen-bond donors (Lipinski definition) is 0. The Labute approximate surface area is 216 Å². The van der Waals surface area contributed by atoms with Gasteiger partial charge >= 0.3 is 0 Å². The van der Waals surface area contributed by atoms with Crippen molar-refractivity contribution in [1.29, 1.82) is 0 Å². The minimum absolute atomic E-state index is 0.0423. The molecule has 0 radical (unpaired) electrons. The second-order valence-corrected chi connectivity index (χ2v) is 9.89. The van der Waals surface area contributed by atoms with Crippen LogP contribution in [0.1, 0.15) is 74.5 Å². The van der Waals surface area contributed by atoms with Crippen LogP contribution in [0.25, 0.3) is 11.1 Å². The summed E-state index contributed by atoms with van der Waals surface area (Å²) in [5.41, 5.74) is 2.40. The van der Waals surface area contributed by atoms with Crippen LogP contribution in [-0.4, -0.2) is 12.7 Å². The van der Waals surface area contributed by atoms with Gasteiger partial charge in [-0.1, -0.05) is 67.8 Å². The van der Waals surface area contributed by atoms with Crippen LogP contribution in [-0.2, 0) is 11.3 Å². The molecular formula is C31H34F4O2. The highest BCUT2D eigenvalue weighted by Gasteiger charge is 2.27. The Balaban J connectivity index is 1.32. The molecule has 0 aromatic heterocycles. The lowest BCUT2D eigenvalue weighted by molar-refractivity contribution is 0.0116. The summed E-state index contributed by atoms with van der Waals surface area (Å²) in [6.07, 6.45) is 5.17. The predicted octanol–water partition coefficient (Wildman–Crippen LogP) is 9.03. The fraction of sp³-hybridized carbons (Fsp3) is 0.419. The molecule has 0 aliphatic heterocycles. The predicted molar refractivity (Wildman–Crippen MR) is 138 cm³/mol. The summed E-state index contributed by atoms with van der Waals surface area (Å²) in [5, 5.41) is 0. The molecule has 4 rings (SSSR count). The molecule has 3 aromatic carbocycles. The Hall–Kier alpha value is -2.86. The van der Waals surface area contributed by atoms with Crippen LogP contribution in [0.3, 0.4) is 0 Å².